The maximum atomic E-state index is 10.8. The third kappa shape index (κ3) is 2.91. The predicted octanol–water partition coefficient (Wildman–Crippen LogP) is 1.70. The van der Waals surface area contributed by atoms with E-state index in [1.165, 1.54) is 0 Å². The molecule has 1 rings (SSSR count). The molecular weight excluding hydrogens is 138 g/mol. The number of hydrogen-bond donors (Lipinski definition) is 1. The number of rotatable bonds is 1. The highest BCUT2D eigenvalue weighted by atomic mass is 16.1. The molecule has 1 atom stereocenters. The summed E-state index contributed by atoms with van der Waals surface area (Å²) >= 11 is 0. The van der Waals surface area contributed by atoms with Crippen molar-refractivity contribution in [3.05, 3.63) is 0 Å². The molecule has 0 unspecified atom stereocenters. The first-order valence-electron chi connectivity index (χ1n) is 4.27. The third-order valence-corrected chi connectivity index (χ3v) is 1.94. The largest absolute Gasteiger partial charge is 0.353 e. The second kappa shape index (κ2) is 2.84. The van der Waals surface area contributed by atoms with Crippen LogP contribution in [-0.4, -0.2) is 11.9 Å². The first-order valence-corrected chi connectivity index (χ1v) is 4.27. The molecule has 1 N–H and O–H groups in total. The highest BCUT2D eigenvalue weighted by Gasteiger charge is 2.25. The lowest BCUT2D eigenvalue weighted by Crippen LogP contribution is -2.29. The molecule has 0 aromatic carbocycles. The number of carbonyl (C=O) groups excluding carboxylic acids is 1. The lowest BCUT2D eigenvalue weighted by Gasteiger charge is -2.22. The molecule has 0 aromatic heterocycles. The van der Waals surface area contributed by atoms with Gasteiger partial charge in [-0.05, 0) is 18.3 Å². The molecule has 0 radical (unpaired) electrons. The van der Waals surface area contributed by atoms with Crippen LogP contribution in [0.2, 0.25) is 0 Å². The Hall–Kier alpha value is -0.530. The molecule has 2 heteroatoms. The maximum absolute atomic E-state index is 10.8. The molecular formula is C9H17NO. The Balaban J connectivity index is 2.34. The molecule has 2 nitrogen and oxygen atoms in total. The topological polar surface area (TPSA) is 29.1 Å². The van der Waals surface area contributed by atoms with Gasteiger partial charge in [0.2, 0.25) is 5.91 Å². The Labute approximate surface area is 68.4 Å². The van der Waals surface area contributed by atoms with Gasteiger partial charge in [0.1, 0.15) is 0 Å². The summed E-state index contributed by atoms with van der Waals surface area (Å²) in [6.45, 7) is 6.62. The van der Waals surface area contributed by atoms with E-state index in [4.69, 9.17) is 0 Å². The minimum Gasteiger partial charge on any atom is -0.353 e. The Morgan fingerprint density at radius 2 is 2.18 bits per heavy atom. The summed E-state index contributed by atoms with van der Waals surface area (Å²) in [5.41, 5.74) is 0.336. The molecule has 11 heavy (non-hydrogen) atoms. The van der Waals surface area contributed by atoms with Gasteiger partial charge in [0.15, 0.2) is 0 Å². The van der Waals surface area contributed by atoms with E-state index >= 15 is 0 Å². The molecule has 64 valence electrons. The Kier molecular flexibility index (Phi) is 2.21. The van der Waals surface area contributed by atoms with Crippen LogP contribution < -0.4 is 5.32 Å². The molecule has 0 aromatic rings. The number of carbonyl (C=O) groups is 1. The van der Waals surface area contributed by atoms with Gasteiger partial charge in [0, 0.05) is 12.5 Å². The van der Waals surface area contributed by atoms with Crippen LogP contribution in [0, 0.1) is 5.41 Å². The minimum absolute atomic E-state index is 0.222. The van der Waals surface area contributed by atoms with Crippen LogP contribution in [0.5, 0.6) is 0 Å². The molecule has 0 bridgehead atoms. The average Bonchev–Trinajstić information content (AvgIpc) is 2.10. The molecule has 1 amide bonds. The second-order valence-electron chi connectivity index (χ2n) is 4.57. The fourth-order valence-corrected chi connectivity index (χ4v) is 1.57. The molecule has 1 heterocycles. The van der Waals surface area contributed by atoms with E-state index in [2.05, 4.69) is 26.1 Å². The van der Waals surface area contributed by atoms with E-state index in [0.29, 0.717) is 11.5 Å². The van der Waals surface area contributed by atoms with Crippen LogP contribution in [0.25, 0.3) is 0 Å². The van der Waals surface area contributed by atoms with E-state index in [0.717, 1.165) is 19.3 Å². The molecule has 1 aliphatic heterocycles. The summed E-state index contributed by atoms with van der Waals surface area (Å²) in [7, 11) is 0. The first-order chi connectivity index (χ1) is 4.97. The predicted molar refractivity (Wildman–Crippen MR) is 45.2 cm³/mol. The van der Waals surface area contributed by atoms with Crippen LogP contribution in [0.3, 0.4) is 0 Å². The SMILES string of the molecule is CC(C)(C)C[C@H]1CCC(=O)N1. The van der Waals surface area contributed by atoms with Gasteiger partial charge < -0.3 is 5.32 Å². The third-order valence-electron chi connectivity index (χ3n) is 1.94. The van der Waals surface area contributed by atoms with E-state index in [1.54, 1.807) is 0 Å². The Morgan fingerprint density at radius 3 is 2.55 bits per heavy atom. The van der Waals surface area contributed by atoms with Crippen molar-refractivity contribution in [1.82, 2.24) is 5.32 Å². The summed E-state index contributed by atoms with van der Waals surface area (Å²) in [6.07, 6.45) is 2.84. The van der Waals surface area contributed by atoms with E-state index in [9.17, 15) is 4.79 Å². The van der Waals surface area contributed by atoms with Crippen molar-refractivity contribution in [2.75, 3.05) is 0 Å². The zero-order valence-corrected chi connectivity index (χ0v) is 7.61. The Morgan fingerprint density at radius 1 is 1.55 bits per heavy atom. The van der Waals surface area contributed by atoms with Gasteiger partial charge in [-0.25, -0.2) is 0 Å². The van der Waals surface area contributed by atoms with Gasteiger partial charge in [-0.1, -0.05) is 20.8 Å². The second-order valence-corrected chi connectivity index (χ2v) is 4.57. The summed E-state index contributed by atoms with van der Waals surface area (Å²) in [6, 6.07) is 0.433. The fraction of sp³-hybridized carbons (Fsp3) is 0.889. The van der Waals surface area contributed by atoms with Gasteiger partial charge in [0.05, 0.1) is 0 Å². The monoisotopic (exact) mass is 155 g/mol. The fourth-order valence-electron chi connectivity index (χ4n) is 1.57. The molecule has 0 aliphatic carbocycles. The van der Waals surface area contributed by atoms with Crippen LogP contribution in [0.15, 0.2) is 0 Å². The zero-order chi connectivity index (χ0) is 8.48. The van der Waals surface area contributed by atoms with Gasteiger partial charge in [-0.3, -0.25) is 4.79 Å². The molecule has 0 spiro atoms. The lowest BCUT2D eigenvalue weighted by molar-refractivity contribution is -0.119. The van der Waals surface area contributed by atoms with Crippen molar-refractivity contribution in [2.24, 2.45) is 5.41 Å². The van der Waals surface area contributed by atoms with E-state index in [1.807, 2.05) is 0 Å². The van der Waals surface area contributed by atoms with Crippen LogP contribution in [0.1, 0.15) is 40.0 Å². The molecule has 1 saturated heterocycles. The molecule has 1 fully saturated rings. The quantitative estimate of drug-likeness (QED) is 0.613. The van der Waals surface area contributed by atoms with Crippen LogP contribution >= 0.6 is 0 Å². The molecule has 0 saturated carbocycles. The standard InChI is InChI=1S/C9H17NO/c1-9(2,3)6-7-4-5-8(11)10-7/h7H,4-6H2,1-3H3,(H,10,11)/t7-/m1/s1. The summed E-state index contributed by atoms with van der Waals surface area (Å²) < 4.78 is 0. The first kappa shape index (κ1) is 8.57. The Bertz CT molecular complexity index is 157. The van der Waals surface area contributed by atoms with E-state index < -0.39 is 0 Å². The minimum atomic E-state index is 0.222. The normalized spacial score (nSPS) is 25.4. The number of hydrogen-bond acceptors (Lipinski definition) is 1. The maximum Gasteiger partial charge on any atom is 0.220 e. The smallest absolute Gasteiger partial charge is 0.220 e. The highest BCUT2D eigenvalue weighted by Crippen LogP contribution is 2.24. The van der Waals surface area contributed by atoms with Crippen molar-refractivity contribution >= 4 is 5.91 Å². The van der Waals surface area contributed by atoms with Gasteiger partial charge in [0.25, 0.3) is 0 Å². The summed E-state index contributed by atoms with van der Waals surface area (Å²) in [5.74, 6) is 0.222. The highest BCUT2D eigenvalue weighted by molar-refractivity contribution is 5.78. The van der Waals surface area contributed by atoms with Crippen molar-refractivity contribution in [3.8, 4) is 0 Å². The van der Waals surface area contributed by atoms with Crippen molar-refractivity contribution < 1.29 is 4.79 Å². The number of amides is 1. The average molecular weight is 155 g/mol. The van der Waals surface area contributed by atoms with Crippen molar-refractivity contribution in [2.45, 2.75) is 46.1 Å². The number of nitrogens with one attached hydrogen (secondary N) is 1. The molecule has 1 aliphatic rings. The van der Waals surface area contributed by atoms with Gasteiger partial charge in [-0.2, -0.15) is 0 Å². The van der Waals surface area contributed by atoms with Gasteiger partial charge >= 0.3 is 0 Å². The van der Waals surface area contributed by atoms with Crippen LogP contribution in [0.4, 0.5) is 0 Å². The van der Waals surface area contributed by atoms with Crippen molar-refractivity contribution in [3.63, 3.8) is 0 Å². The van der Waals surface area contributed by atoms with E-state index in [-0.39, 0.29) is 5.91 Å². The zero-order valence-electron chi connectivity index (χ0n) is 7.61. The lowest BCUT2D eigenvalue weighted by atomic mass is 9.88. The summed E-state index contributed by atoms with van der Waals surface area (Å²) in [4.78, 5) is 10.8. The summed E-state index contributed by atoms with van der Waals surface area (Å²) in [5, 5.41) is 2.97. The van der Waals surface area contributed by atoms with Crippen LogP contribution in [-0.2, 0) is 4.79 Å². The van der Waals surface area contributed by atoms with Crippen molar-refractivity contribution in [1.29, 1.82) is 0 Å². The van der Waals surface area contributed by atoms with Gasteiger partial charge in [-0.15, -0.1) is 0 Å².